The van der Waals surface area contributed by atoms with Gasteiger partial charge in [-0.3, -0.25) is 9.59 Å². The first-order chi connectivity index (χ1) is 14.1. The zero-order valence-electron chi connectivity index (χ0n) is 15.8. The van der Waals surface area contributed by atoms with Crippen molar-refractivity contribution in [1.82, 2.24) is 14.8 Å². The Balaban J connectivity index is 1.61. The Morgan fingerprint density at radius 3 is 2.72 bits per heavy atom. The highest BCUT2D eigenvalue weighted by Gasteiger charge is 2.47. The Bertz CT molecular complexity index is 1180. The van der Waals surface area contributed by atoms with E-state index in [1.807, 2.05) is 42.6 Å². The maximum absolute atomic E-state index is 13.1. The number of H-pyrrole nitrogens is 1. The van der Waals surface area contributed by atoms with Crippen molar-refractivity contribution in [3.63, 3.8) is 0 Å². The first kappa shape index (κ1) is 16.5. The van der Waals surface area contributed by atoms with Gasteiger partial charge in [0.1, 0.15) is 6.04 Å². The van der Waals surface area contributed by atoms with E-state index in [0.29, 0.717) is 17.9 Å². The molecule has 1 N–H and O–H groups in total. The van der Waals surface area contributed by atoms with Gasteiger partial charge in [0, 0.05) is 36.1 Å². The van der Waals surface area contributed by atoms with E-state index >= 15 is 0 Å². The first-order valence-electron chi connectivity index (χ1n) is 9.66. The highest BCUT2D eigenvalue weighted by atomic mass is 16.7. The summed E-state index contributed by atoms with van der Waals surface area (Å²) < 4.78 is 11.2. The number of likely N-dealkylation sites (N-methyl/N-ethyl adjacent to an activating group) is 1. The molecule has 3 aliphatic heterocycles. The summed E-state index contributed by atoms with van der Waals surface area (Å²) >= 11 is 0. The number of carbonyl (C=O) groups is 2. The number of aromatic nitrogens is 1. The molecule has 146 valence electrons. The third-order valence-electron chi connectivity index (χ3n) is 6.19. The van der Waals surface area contributed by atoms with Gasteiger partial charge in [-0.05, 0) is 29.3 Å². The number of piperazine rings is 1. The summed E-state index contributed by atoms with van der Waals surface area (Å²) in [4.78, 5) is 32.7. The predicted octanol–water partition coefficient (Wildman–Crippen LogP) is 2.21. The number of hydrogen-bond donors (Lipinski definition) is 1. The average molecular weight is 389 g/mol. The molecule has 0 aliphatic carbocycles. The Labute approximate surface area is 166 Å². The molecule has 7 nitrogen and oxygen atoms in total. The lowest BCUT2D eigenvalue weighted by atomic mass is 9.82. The number of carbonyl (C=O) groups excluding carboxylic acids is 2. The van der Waals surface area contributed by atoms with Crippen molar-refractivity contribution >= 4 is 22.7 Å². The summed E-state index contributed by atoms with van der Waals surface area (Å²) in [6, 6.07) is 11.1. The van der Waals surface area contributed by atoms with Crippen molar-refractivity contribution in [2.75, 3.05) is 20.4 Å². The van der Waals surface area contributed by atoms with Crippen LogP contribution in [0.2, 0.25) is 0 Å². The number of nitrogens with zero attached hydrogens (tertiary/aromatic N) is 2. The molecule has 0 bridgehead atoms. The van der Waals surface area contributed by atoms with Crippen molar-refractivity contribution in [2.24, 2.45) is 0 Å². The minimum atomic E-state index is -0.521. The van der Waals surface area contributed by atoms with Crippen LogP contribution in [0, 0.1) is 0 Å². The van der Waals surface area contributed by atoms with Gasteiger partial charge in [-0.2, -0.15) is 0 Å². The van der Waals surface area contributed by atoms with E-state index in [4.69, 9.17) is 9.47 Å². The van der Waals surface area contributed by atoms with Crippen LogP contribution in [-0.4, -0.2) is 53.0 Å². The number of rotatable bonds is 1. The SMILES string of the molecule is CN1CC(=O)N2C(Cc3cc4c(cc3[C@H]2c2c[nH]c3ccccc23)OCO4)C1=O. The molecule has 2 atom stereocenters. The summed E-state index contributed by atoms with van der Waals surface area (Å²) in [5.41, 5.74) is 3.99. The molecule has 4 heterocycles. The third-order valence-corrected chi connectivity index (χ3v) is 6.19. The molecule has 3 aromatic rings. The predicted molar refractivity (Wildman–Crippen MR) is 105 cm³/mol. The van der Waals surface area contributed by atoms with E-state index in [9.17, 15) is 9.59 Å². The number of benzene rings is 2. The van der Waals surface area contributed by atoms with Gasteiger partial charge in [-0.25, -0.2) is 0 Å². The normalized spacial score (nSPS) is 22.8. The Kier molecular flexibility index (Phi) is 3.27. The number of nitrogens with one attached hydrogen (secondary N) is 1. The Morgan fingerprint density at radius 2 is 1.86 bits per heavy atom. The van der Waals surface area contributed by atoms with Gasteiger partial charge in [0.2, 0.25) is 18.6 Å². The summed E-state index contributed by atoms with van der Waals surface area (Å²) in [5, 5.41) is 1.04. The van der Waals surface area contributed by atoms with Crippen LogP contribution >= 0.6 is 0 Å². The second-order valence-corrected chi connectivity index (χ2v) is 7.81. The molecule has 0 saturated carbocycles. The molecule has 1 unspecified atom stereocenters. The van der Waals surface area contributed by atoms with Gasteiger partial charge in [-0.1, -0.05) is 18.2 Å². The number of para-hydroxylation sites is 1. The van der Waals surface area contributed by atoms with Gasteiger partial charge in [0.05, 0.1) is 12.6 Å². The number of ether oxygens (including phenoxy) is 2. The van der Waals surface area contributed by atoms with Gasteiger partial charge in [0.15, 0.2) is 11.5 Å². The van der Waals surface area contributed by atoms with Crippen LogP contribution in [0.3, 0.4) is 0 Å². The Hall–Kier alpha value is -3.48. The number of hydrogen-bond acceptors (Lipinski definition) is 4. The summed E-state index contributed by atoms with van der Waals surface area (Å²) in [6.45, 7) is 0.276. The van der Waals surface area contributed by atoms with E-state index in [-0.39, 0.29) is 31.2 Å². The molecule has 1 aromatic heterocycles. The molecule has 3 aliphatic rings. The van der Waals surface area contributed by atoms with Crippen molar-refractivity contribution in [3.8, 4) is 11.5 Å². The van der Waals surface area contributed by atoms with Gasteiger partial charge in [-0.15, -0.1) is 0 Å². The smallest absolute Gasteiger partial charge is 0.245 e. The van der Waals surface area contributed by atoms with E-state index in [0.717, 1.165) is 27.6 Å². The van der Waals surface area contributed by atoms with Crippen molar-refractivity contribution in [2.45, 2.75) is 18.5 Å². The molecule has 7 heteroatoms. The lowest BCUT2D eigenvalue weighted by Crippen LogP contribution is -2.62. The summed E-state index contributed by atoms with van der Waals surface area (Å²) in [7, 11) is 1.69. The fourth-order valence-corrected chi connectivity index (χ4v) is 4.85. The number of fused-ring (bicyclic) bond motifs is 4. The van der Waals surface area contributed by atoms with E-state index in [2.05, 4.69) is 4.98 Å². The van der Waals surface area contributed by atoms with Crippen LogP contribution in [0.1, 0.15) is 22.7 Å². The average Bonchev–Trinajstić information content (AvgIpc) is 3.35. The molecule has 1 fully saturated rings. The zero-order valence-corrected chi connectivity index (χ0v) is 15.8. The van der Waals surface area contributed by atoms with Crippen LogP contribution in [0.15, 0.2) is 42.6 Å². The standard InChI is InChI=1S/C22H19N3O4/c1-24-10-20(26)25-17(22(24)27)6-12-7-18-19(29-11-28-18)8-14(12)21(25)15-9-23-16-5-3-2-4-13(15)16/h2-5,7-9,17,21,23H,6,10-11H2,1H3/t17?,21-/m0/s1. The topological polar surface area (TPSA) is 74.9 Å². The highest BCUT2D eigenvalue weighted by molar-refractivity contribution is 5.97. The molecule has 2 amide bonds. The van der Waals surface area contributed by atoms with Crippen LogP contribution < -0.4 is 9.47 Å². The fraction of sp³-hybridized carbons (Fsp3) is 0.273. The van der Waals surface area contributed by atoms with Gasteiger partial charge >= 0.3 is 0 Å². The van der Waals surface area contributed by atoms with Gasteiger partial charge < -0.3 is 24.3 Å². The zero-order chi connectivity index (χ0) is 19.7. The maximum atomic E-state index is 13.1. The van der Waals surface area contributed by atoms with Crippen LogP contribution in [0.5, 0.6) is 11.5 Å². The quantitative estimate of drug-likeness (QED) is 0.693. The van der Waals surface area contributed by atoms with Crippen LogP contribution in [-0.2, 0) is 16.0 Å². The number of amides is 2. The van der Waals surface area contributed by atoms with E-state index < -0.39 is 6.04 Å². The van der Waals surface area contributed by atoms with Crippen molar-refractivity contribution < 1.29 is 19.1 Å². The monoisotopic (exact) mass is 389 g/mol. The maximum Gasteiger partial charge on any atom is 0.245 e. The van der Waals surface area contributed by atoms with Crippen molar-refractivity contribution in [1.29, 1.82) is 0 Å². The largest absolute Gasteiger partial charge is 0.454 e. The van der Waals surface area contributed by atoms with Gasteiger partial charge in [0.25, 0.3) is 0 Å². The first-order valence-corrected chi connectivity index (χ1v) is 9.66. The minimum absolute atomic E-state index is 0.0299. The Morgan fingerprint density at radius 1 is 1.07 bits per heavy atom. The number of aromatic amines is 1. The second-order valence-electron chi connectivity index (χ2n) is 7.81. The molecule has 29 heavy (non-hydrogen) atoms. The second kappa shape index (κ2) is 5.76. The van der Waals surface area contributed by atoms with E-state index in [1.54, 1.807) is 11.9 Å². The summed E-state index contributed by atoms with van der Waals surface area (Å²) in [6.07, 6.45) is 2.42. The summed E-state index contributed by atoms with van der Waals surface area (Å²) in [5.74, 6) is 1.30. The van der Waals surface area contributed by atoms with Crippen LogP contribution in [0.4, 0.5) is 0 Å². The molecular formula is C22H19N3O4. The lowest BCUT2D eigenvalue weighted by molar-refractivity contribution is -0.157. The van der Waals surface area contributed by atoms with Crippen LogP contribution in [0.25, 0.3) is 10.9 Å². The molecule has 2 aromatic carbocycles. The van der Waals surface area contributed by atoms with E-state index in [1.165, 1.54) is 4.90 Å². The lowest BCUT2D eigenvalue weighted by Gasteiger charge is -2.47. The van der Waals surface area contributed by atoms with Crippen molar-refractivity contribution in [3.05, 3.63) is 59.3 Å². The molecular weight excluding hydrogens is 370 g/mol. The third kappa shape index (κ3) is 2.24. The highest BCUT2D eigenvalue weighted by Crippen LogP contribution is 2.46. The molecule has 0 radical (unpaired) electrons. The fourth-order valence-electron chi connectivity index (χ4n) is 4.85. The minimum Gasteiger partial charge on any atom is -0.454 e. The molecule has 0 spiro atoms. The molecule has 6 rings (SSSR count). The molecule has 1 saturated heterocycles.